The number of hydrogen-bond donors (Lipinski definition) is 0. The van der Waals surface area contributed by atoms with E-state index in [9.17, 15) is 0 Å². The van der Waals surface area contributed by atoms with Crippen molar-refractivity contribution in [2.45, 2.75) is 64.4 Å². The molecule has 0 aromatic rings. The van der Waals surface area contributed by atoms with Gasteiger partial charge in [-0.15, -0.1) is 0 Å². The first-order valence-corrected chi connectivity index (χ1v) is 5.31. The molecule has 1 heterocycles. The number of rotatable bonds is 4. The Morgan fingerprint density at radius 3 is 2.50 bits per heavy atom. The molecule has 0 saturated carbocycles. The molecule has 0 aliphatic carbocycles. The highest BCUT2D eigenvalue weighted by Crippen LogP contribution is 2.32. The smallest absolute Gasteiger partial charge is 0.163 e. The van der Waals surface area contributed by atoms with Crippen LogP contribution < -0.4 is 0 Å². The molecule has 0 bridgehead atoms. The molecule has 1 aliphatic rings. The fourth-order valence-electron chi connectivity index (χ4n) is 1.88. The molecule has 1 rings (SSSR count). The SMILES string of the molecule is CC[C@H]1OC(C)(C)O[C@@H]1CCCC#N. The van der Waals surface area contributed by atoms with E-state index < -0.39 is 5.79 Å². The topological polar surface area (TPSA) is 42.2 Å². The molecule has 2 atom stereocenters. The Morgan fingerprint density at radius 1 is 1.29 bits per heavy atom. The van der Waals surface area contributed by atoms with Crippen molar-refractivity contribution in [3.05, 3.63) is 0 Å². The standard InChI is InChI=1S/C11H19NO2/c1-4-9-10(7-5-6-8-12)14-11(2,3)13-9/h9-10H,4-7H2,1-3H3/t9-,10-/m1/s1. The summed E-state index contributed by atoms with van der Waals surface area (Å²) in [6, 6.07) is 2.15. The van der Waals surface area contributed by atoms with E-state index in [0.29, 0.717) is 6.42 Å². The molecule has 80 valence electrons. The first-order chi connectivity index (χ1) is 6.59. The maximum absolute atomic E-state index is 8.44. The number of hydrogen-bond acceptors (Lipinski definition) is 3. The van der Waals surface area contributed by atoms with Crippen LogP contribution >= 0.6 is 0 Å². The van der Waals surface area contributed by atoms with E-state index in [2.05, 4.69) is 13.0 Å². The average molecular weight is 197 g/mol. The maximum atomic E-state index is 8.44. The van der Waals surface area contributed by atoms with Gasteiger partial charge in [-0.1, -0.05) is 6.92 Å². The van der Waals surface area contributed by atoms with Gasteiger partial charge in [-0.2, -0.15) is 5.26 Å². The third kappa shape index (κ3) is 2.97. The number of unbranched alkanes of at least 4 members (excludes halogenated alkanes) is 1. The summed E-state index contributed by atoms with van der Waals surface area (Å²) < 4.78 is 11.5. The molecular formula is C11H19NO2. The van der Waals surface area contributed by atoms with Crippen molar-refractivity contribution < 1.29 is 9.47 Å². The van der Waals surface area contributed by atoms with Gasteiger partial charge in [0.05, 0.1) is 18.3 Å². The lowest BCUT2D eigenvalue weighted by molar-refractivity contribution is -0.146. The fourth-order valence-corrected chi connectivity index (χ4v) is 1.88. The van der Waals surface area contributed by atoms with Crippen molar-refractivity contribution in [1.82, 2.24) is 0 Å². The Labute approximate surface area is 86.0 Å². The normalized spacial score (nSPS) is 30.1. The zero-order valence-electron chi connectivity index (χ0n) is 9.25. The predicted molar refractivity (Wildman–Crippen MR) is 53.6 cm³/mol. The van der Waals surface area contributed by atoms with Crippen LogP contribution in [-0.2, 0) is 9.47 Å². The molecule has 3 heteroatoms. The van der Waals surface area contributed by atoms with Gasteiger partial charge in [0.1, 0.15) is 0 Å². The van der Waals surface area contributed by atoms with E-state index in [1.165, 1.54) is 0 Å². The van der Waals surface area contributed by atoms with E-state index in [1.54, 1.807) is 0 Å². The minimum absolute atomic E-state index is 0.170. The highest BCUT2D eigenvalue weighted by atomic mass is 16.7. The lowest BCUT2D eigenvalue weighted by atomic mass is 10.1. The van der Waals surface area contributed by atoms with E-state index in [4.69, 9.17) is 14.7 Å². The Balaban J connectivity index is 2.40. The van der Waals surface area contributed by atoms with E-state index in [0.717, 1.165) is 19.3 Å². The molecule has 1 aliphatic heterocycles. The zero-order valence-corrected chi connectivity index (χ0v) is 9.25. The Morgan fingerprint density at radius 2 is 1.93 bits per heavy atom. The van der Waals surface area contributed by atoms with Gasteiger partial charge in [0, 0.05) is 6.42 Å². The van der Waals surface area contributed by atoms with Crippen LogP contribution in [-0.4, -0.2) is 18.0 Å². The van der Waals surface area contributed by atoms with Crippen LogP contribution in [0.15, 0.2) is 0 Å². The lowest BCUT2D eigenvalue weighted by Gasteiger charge is -2.16. The van der Waals surface area contributed by atoms with Crippen LogP contribution in [0.4, 0.5) is 0 Å². The summed E-state index contributed by atoms with van der Waals surface area (Å²) in [7, 11) is 0. The first kappa shape index (κ1) is 11.5. The van der Waals surface area contributed by atoms with Crippen LogP contribution in [0.5, 0.6) is 0 Å². The van der Waals surface area contributed by atoms with Crippen molar-refractivity contribution in [2.24, 2.45) is 0 Å². The second-order valence-corrected chi connectivity index (χ2v) is 4.17. The number of nitrogens with zero attached hydrogens (tertiary/aromatic N) is 1. The quantitative estimate of drug-likeness (QED) is 0.650. The number of ether oxygens (including phenoxy) is 2. The zero-order chi connectivity index (χ0) is 10.6. The van der Waals surface area contributed by atoms with Gasteiger partial charge in [0.25, 0.3) is 0 Å². The van der Waals surface area contributed by atoms with Gasteiger partial charge >= 0.3 is 0 Å². The van der Waals surface area contributed by atoms with Crippen LogP contribution in [0, 0.1) is 11.3 Å². The van der Waals surface area contributed by atoms with E-state index in [-0.39, 0.29) is 12.2 Å². The van der Waals surface area contributed by atoms with Gasteiger partial charge in [-0.05, 0) is 33.1 Å². The molecule has 14 heavy (non-hydrogen) atoms. The van der Waals surface area contributed by atoms with Crippen LogP contribution in [0.2, 0.25) is 0 Å². The molecule has 0 aromatic heterocycles. The number of nitriles is 1. The largest absolute Gasteiger partial charge is 0.345 e. The second-order valence-electron chi connectivity index (χ2n) is 4.17. The molecule has 0 N–H and O–H groups in total. The van der Waals surface area contributed by atoms with E-state index >= 15 is 0 Å². The average Bonchev–Trinajstić information content (AvgIpc) is 2.41. The Kier molecular flexibility index (Phi) is 3.91. The highest BCUT2D eigenvalue weighted by Gasteiger charge is 2.39. The van der Waals surface area contributed by atoms with Gasteiger partial charge < -0.3 is 9.47 Å². The molecule has 0 aromatic carbocycles. The summed E-state index contributed by atoms with van der Waals surface area (Å²) >= 11 is 0. The van der Waals surface area contributed by atoms with Gasteiger partial charge in [0.15, 0.2) is 5.79 Å². The van der Waals surface area contributed by atoms with Crippen molar-refractivity contribution >= 4 is 0 Å². The first-order valence-electron chi connectivity index (χ1n) is 5.31. The molecule has 0 spiro atoms. The molecule has 1 fully saturated rings. The molecule has 0 unspecified atom stereocenters. The van der Waals surface area contributed by atoms with Crippen LogP contribution in [0.25, 0.3) is 0 Å². The summed E-state index contributed by atoms with van der Waals surface area (Å²) in [6.45, 7) is 5.99. The van der Waals surface area contributed by atoms with Crippen LogP contribution in [0.3, 0.4) is 0 Å². The predicted octanol–water partition coefficient (Wildman–Crippen LogP) is 2.61. The summed E-state index contributed by atoms with van der Waals surface area (Å²) in [5, 5.41) is 8.44. The van der Waals surface area contributed by atoms with Gasteiger partial charge in [-0.25, -0.2) is 0 Å². The molecule has 0 radical (unpaired) electrons. The van der Waals surface area contributed by atoms with Gasteiger partial charge in [0.2, 0.25) is 0 Å². The van der Waals surface area contributed by atoms with E-state index in [1.807, 2.05) is 13.8 Å². The van der Waals surface area contributed by atoms with Gasteiger partial charge in [-0.3, -0.25) is 0 Å². The second kappa shape index (κ2) is 4.77. The fraction of sp³-hybridized carbons (Fsp3) is 0.909. The monoisotopic (exact) mass is 197 g/mol. The third-order valence-electron chi connectivity index (χ3n) is 2.46. The summed E-state index contributed by atoms with van der Waals surface area (Å²) in [6.07, 6.45) is 3.77. The Hall–Kier alpha value is -0.590. The molecular weight excluding hydrogens is 178 g/mol. The summed E-state index contributed by atoms with van der Waals surface area (Å²) in [4.78, 5) is 0. The van der Waals surface area contributed by atoms with Crippen LogP contribution in [0.1, 0.15) is 46.5 Å². The Bertz CT molecular complexity index is 220. The van der Waals surface area contributed by atoms with Crippen molar-refractivity contribution in [1.29, 1.82) is 5.26 Å². The highest BCUT2D eigenvalue weighted by molar-refractivity contribution is 4.81. The maximum Gasteiger partial charge on any atom is 0.163 e. The third-order valence-corrected chi connectivity index (χ3v) is 2.46. The molecule has 3 nitrogen and oxygen atoms in total. The minimum Gasteiger partial charge on any atom is -0.345 e. The summed E-state index contributed by atoms with van der Waals surface area (Å²) in [5.41, 5.74) is 0. The lowest BCUT2D eigenvalue weighted by Crippen LogP contribution is -2.21. The van der Waals surface area contributed by atoms with Crippen molar-refractivity contribution in [3.8, 4) is 6.07 Å². The van der Waals surface area contributed by atoms with Crippen molar-refractivity contribution in [2.75, 3.05) is 0 Å². The van der Waals surface area contributed by atoms with Crippen molar-refractivity contribution in [3.63, 3.8) is 0 Å². The minimum atomic E-state index is -0.446. The summed E-state index contributed by atoms with van der Waals surface area (Å²) in [5.74, 6) is -0.446. The molecule has 1 saturated heterocycles. The molecule has 0 amide bonds.